The Bertz CT molecular complexity index is 1060. The average molecular weight is 446 g/mol. The SMILES string of the molecule is CCCc1c(-c2ccc(-c3ccccc3)cc2)c(C(N)=O)c(C)n1CCCN1CCOCC1. The maximum Gasteiger partial charge on any atom is 0.251 e. The molecule has 2 N–H and O–H groups in total. The predicted molar refractivity (Wildman–Crippen MR) is 134 cm³/mol. The molecule has 1 aromatic heterocycles. The van der Waals surface area contributed by atoms with Gasteiger partial charge in [-0.2, -0.15) is 0 Å². The largest absolute Gasteiger partial charge is 0.379 e. The molecule has 1 aliphatic rings. The summed E-state index contributed by atoms with van der Waals surface area (Å²) in [5.74, 6) is -0.348. The number of ether oxygens (including phenoxy) is 1. The van der Waals surface area contributed by atoms with Crippen LogP contribution >= 0.6 is 0 Å². The lowest BCUT2D eigenvalue weighted by Crippen LogP contribution is -2.37. The van der Waals surface area contributed by atoms with Crippen molar-refractivity contribution in [1.29, 1.82) is 0 Å². The van der Waals surface area contributed by atoms with Crippen molar-refractivity contribution in [2.75, 3.05) is 32.8 Å². The van der Waals surface area contributed by atoms with Crippen molar-refractivity contribution >= 4 is 5.91 Å². The van der Waals surface area contributed by atoms with Crippen LogP contribution in [0.3, 0.4) is 0 Å². The second kappa shape index (κ2) is 10.8. The highest BCUT2D eigenvalue weighted by atomic mass is 16.5. The highest BCUT2D eigenvalue weighted by Crippen LogP contribution is 2.35. The summed E-state index contributed by atoms with van der Waals surface area (Å²) in [6, 6.07) is 18.9. The van der Waals surface area contributed by atoms with E-state index < -0.39 is 0 Å². The van der Waals surface area contributed by atoms with Gasteiger partial charge in [-0.1, -0.05) is 67.9 Å². The van der Waals surface area contributed by atoms with Crippen LogP contribution in [0.1, 0.15) is 41.5 Å². The molecule has 1 amide bonds. The van der Waals surface area contributed by atoms with E-state index in [1.807, 2.05) is 25.1 Å². The maximum absolute atomic E-state index is 12.6. The Kier molecular flexibility index (Phi) is 7.63. The van der Waals surface area contributed by atoms with Crippen molar-refractivity contribution in [2.45, 2.75) is 39.7 Å². The molecule has 2 aromatic carbocycles. The summed E-state index contributed by atoms with van der Waals surface area (Å²) < 4.78 is 7.81. The third kappa shape index (κ3) is 5.21. The maximum atomic E-state index is 12.6. The van der Waals surface area contributed by atoms with Gasteiger partial charge in [0.15, 0.2) is 0 Å². The number of carbonyl (C=O) groups is 1. The Morgan fingerprint density at radius 2 is 1.58 bits per heavy atom. The first-order valence-electron chi connectivity index (χ1n) is 12.1. The number of hydrogen-bond acceptors (Lipinski definition) is 3. The van der Waals surface area contributed by atoms with Crippen LogP contribution in [-0.4, -0.2) is 48.2 Å². The second-order valence-corrected chi connectivity index (χ2v) is 8.80. The Morgan fingerprint density at radius 1 is 0.939 bits per heavy atom. The number of carbonyl (C=O) groups excluding carboxylic acids is 1. The van der Waals surface area contributed by atoms with Crippen LogP contribution in [0.4, 0.5) is 0 Å². The van der Waals surface area contributed by atoms with Gasteiger partial charge in [-0.25, -0.2) is 0 Å². The number of primary amides is 1. The lowest BCUT2D eigenvalue weighted by molar-refractivity contribution is 0.0369. The topological polar surface area (TPSA) is 60.5 Å². The molecule has 33 heavy (non-hydrogen) atoms. The van der Waals surface area contributed by atoms with Gasteiger partial charge < -0.3 is 15.0 Å². The van der Waals surface area contributed by atoms with Crippen LogP contribution in [0.2, 0.25) is 0 Å². The molecule has 3 aromatic rings. The molecule has 1 fully saturated rings. The lowest BCUT2D eigenvalue weighted by Gasteiger charge is -2.26. The van der Waals surface area contributed by atoms with Gasteiger partial charge in [0, 0.05) is 43.1 Å². The molecule has 2 heterocycles. The number of benzene rings is 2. The summed E-state index contributed by atoms with van der Waals surface area (Å²) in [4.78, 5) is 15.0. The third-order valence-corrected chi connectivity index (χ3v) is 6.60. The van der Waals surface area contributed by atoms with Crippen molar-refractivity contribution in [2.24, 2.45) is 5.73 Å². The predicted octanol–water partition coefficient (Wildman–Crippen LogP) is 4.90. The molecule has 0 spiro atoms. The van der Waals surface area contributed by atoms with Crippen LogP contribution in [0.15, 0.2) is 54.6 Å². The van der Waals surface area contributed by atoms with Crippen molar-refractivity contribution in [1.82, 2.24) is 9.47 Å². The fourth-order valence-electron chi connectivity index (χ4n) is 4.95. The molecule has 174 valence electrons. The number of amides is 1. The summed E-state index contributed by atoms with van der Waals surface area (Å²) in [5, 5.41) is 0. The lowest BCUT2D eigenvalue weighted by atomic mass is 9.96. The Labute approximate surface area is 197 Å². The molecule has 0 aliphatic carbocycles. The minimum Gasteiger partial charge on any atom is -0.379 e. The Hall–Kier alpha value is -2.89. The van der Waals surface area contributed by atoms with Gasteiger partial charge in [-0.15, -0.1) is 0 Å². The zero-order valence-corrected chi connectivity index (χ0v) is 19.8. The molecule has 0 atom stereocenters. The molecule has 1 aliphatic heterocycles. The number of nitrogens with zero attached hydrogens (tertiary/aromatic N) is 2. The van der Waals surface area contributed by atoms with Gasteiger partial charge in [-0.05, 0) is 36.5 Å². The van der Waals surface area contributed by atoms with Crippen LogP contribution in [0.25, 0.3) is 22.3 Å². The quantitative estimate of drug-likeness (QED) is 0.509. The molecule has 4 rings (SSSR count). The van der Waals surface area contributed by atoms with E-state index in [1.54, 1.807) is 0 Å². The van der Waals surface area contributed by atoms with E-state index in [9.17, 15) is 4.79 Å². The minimum atomic E-state index is -0.348. The molecule has 0 unspecified atom stereocenters. The zero-order chi connectivity index (χ0) is 23.2. The van der Waals surface area contributed by atoms with Gasteiger partial charge in [-0.3, -0.25) is 9.69 Å². The van der Waals surface area contributed by atoms with E-state index in [0.717, 1.165) is 75.5 Å². The fourth-order valence-corrected chi connectivity index (χ4v) is 4.95. The Morgan fingerprint density at radius 3 is 2.21 bits per heavy atom. The summed E-state index contributed by atoms with van der Waals surface area (Å²) in [5.41, 5.74) is 13.2. The molecule has 1 saturated heterocycles. The normalized spacial score (nSPS) is 14.5. The van der Waals surface area contributed by atoms with Crippen LogP contribution in [-0.2, 0) is 17.7 Å². The number of nitrogens with two attached hydrogens (primary N) is 1. The van der Waals surface area contributed by atoms with Gasteiger partial charge >= 0.3 is 0 Å². The molecule has 5 heteroatoms. The van der Waals surface area contributed by atoms with Crippen LogP contribution < -0.4 is 5.73 Å². The summed E-state index contributed by atoms with van der Waals surface area (Å²) in [7, 11) is 0. The summed E-state index contributed by atoms with van der Waals surface area (Å²) >= 11 is 0. The first-order valence-corrected chi connectivity index (χ1v) is 12.1. The molecular weight excluding hydrogens is 410 g/mol. The monoisotopic (exact) mass is 445 g/mol. The van der Waals surface area contributed by atoms with Gasteiger partial charge in [0.2, 0.25) is 0 Å². The highest BCUT2D eigenvalue weighted by Gasteiger charge is 2.24. The van der Waals surface area contributed by atoms with E-state index in [-0.39, 0.29) is 5.91 Å². The number of rotatable bonds is 9. The van der Waals surface area contributed by atoms with Crippen molar-refractivity contribution < 1.29 is 9.53 Å². The van der Waals surface area contributed by atoms with Gasteiger partial charge in [0.25, 0.3) is 5.91 Å². The van der Waals surface area contributed by atoms with Crippen LogP contribution in [0.5, 0.6) is 0 Å². The number of aromatic nitrogens is 1. The molecule has 0 saturated carbocycles. The standard InChI is InChI=1S/C28H35N3O2/c1-3-8-25-27(24-13-11-23(12-14-24)22-9-5-4-6-10-22)26(28(29)32)21(2)31(25)16-7-15-30-17-19-33-20-18-30/h4-6,9-14H,3,7-8,15-20H2,1-2H3,(H2,29,32). The van der Waals surface area contributed by atoms with Crippen molar-refractivity contribution in [3.8, 4) is 22.3 Å². The smallest absolute Gasteiger partial charge is 0.251 e. The summed E-state index contributed by atoms with van der Waals surface area (Å²) in [6.45, 7) is 9.79. The molecule has 5 nitrogen and oxygen atoms in total. The summed E-state index contributed by atoms with van der Waals surface area (Å²) in [6.07, 6.45) is 2.97. The second-order valence-electron chi connectivity index (χ2n) is 8.80. The van der Waals surface area contributed by atoms with Gasteiger partial charge in [0.05, 0.1) is 18.8 Å². The average Bonchev–Trinajstić information content (AvgIpc) is 3.12. The van der Waals surface area contributed by atoms with E-state index >= 15 is 0 Å². The molecule has 0 bridgehead atoms. The van der Waals surface area contributed by atoms with Crippen molar-refractivity contribution in [3.05, 3.63) is 71.5 Å². The number of morpholine rings is 1. The van der Waals surface area contributed by atoms with Gasteiger partial charge in [0.1, 0.15) is 0 Å². The van der Waals surface area contributed by atoms with E-state index in [2.05, 4.69) is 52.8 Å². The van der Waals surface area contributed by atoms with Crippen molar-refractivity contribution in [3.63, 3.8) is 0 Å². The Balaban J connectivity index is 1.66. The molecular formula is C28H35N3O2. The zero-order valence-electron chi connectivity index (χ0n) is 19.8. The van der Waals surface area contributed by atoms with E-state index in [1.165, 1.54) is 16.8 Å². The third-order valence-electron chi connectivity index (χ3n) is 6.60. The fraction of sp³-hybridized carbons (Fsp3) is 0.393. The first kappa shape index (κ1) is 23.3. The van der Waals surface area contributed by atoms with Crippen LogP contribution in [0, 0.1) is 6.92 Å². The highest BCUT2D eigenvalue weighted by molar-refractivity contribution is 6.02. The number of hydrogen-bond donors (Lipinski definition) is 1. The first-order chi connectivity index (χ1) is 16.1. The molecule has 0 radical (unpaired) electrons. The van der Waals surface area contributed by atoms with E-state index in [0.29, 0.717) is 5.56 Å². The minimum absolute atomic E-state index is 0.348. The van der Waals surface area contributed by atoms with E-state index in [4.69, 9.17) is 10.5 Å².